The minimum Gasteiger partial charge on any atom is -0.462 e. The first-order valence-corrected chi connectivity index (χ1v) is 9.13. The fourth-order valence-electron chi connectivity index (χ4n) is 2.57. The van der Waals surface area contributed by atoms with Crippen LogP contribution in [-0.4, -0.2) is 36.0 Å². The number of H-pyrrole nitrogens is 1. The third kappa shape index (κ3) is 4.97. The number of nitrogens with one attached hydrogen (secondary N) is 2. The maximum atomic E-state index is 12.3. The molecule has 0 spiro atoms. The van der Waals surface area contributed by atoms with E-state index < -0.39 is 24.5 Å². The van der Waals surface area contributed by atoms with Crippen LogP contribution in [0.2, 0.25) is 0 Å². The number of halogens is 1. The highest BCUT2D eigenvalue weighted by Gasteiger charge is 2.24. The Morgan fingerprint density at radius 1 is 1.11 bits per heavy atom. The van der Waals surface area contributed by atoms with Gasteiger partial charge in [-0.05, 0) is 66.9 Å². The molecule has 27 heavy (non-hydrogen) atoms. The van der Waals surface area contributed by atoms with E-state index in [0.29, 0.717) is 22.5 Å². The number of anilines is 1. The van der Waals surface area contributed by atoms with Gasteiger partial charge < -0.3 is 19.8 Å². The van der Waals surface area contributed by atoms with E-state index in [1.807, 2.05) is 19.1 Å². The lowest BCUT2D eigenvalue weighted by Gasteiger charge is -2.09. The molecule has 1 heterocycles. The van der Waals surface area contributed by atoms with E-state index >= 15 is 0 Å². The van der Waals surface area contributed by atoms with Gasteiger partial charge in [-0.2, -0.15) is 0 Å². The van der Waals surface area contributed by atoms with Crippen molar-refractivity contribution >= 4 is 39.5 Å². The molecule has 1 amide bonds. The van der Waals surface area contributed by atoms with Crippen molar-refractivity contribution in [1.82, 2.24) is 4.98 Å². The van der Waals surface area contributed by atoms with Gasteiger partial charge >= 0.3 is 11.9 Å². The lowest BCUT2D eigenvalue weighted by atomic mass is 10.1. The average molecular weight is 437 g/mol. The van der Waals surface area contributed by atoms with Crippen LogP contribution in [0.25, 0.3) is 0 Å². The van der Waals surface area contributed by atoms with Crippen molar-refractivity contribution in [3.63, 3.8) is 0 Å². The van der Waals surface area contributed by atoms with Gasteiger partial charge in [-0.3, -0.25) is 4.79 Å². The Kier molecular flexibility index (Phi) is 6.79. The molecule has 1 aromatic carbocycles. The summed E-state index contributed by atoms with van der Waals surface area (Å²) in [6.45, 7) is 6.70. The van der Waals surface area contributed by atoms with E-state index in [4.69, 9.17) is 9.47 Å². The molecular formula is C19H21BrN2O5. The molecule has 0 saturated carbocycles. The lowest BCUT2D eigenvalue weighted by Crippen LogP contribution is -2.21. The van der Waals surface area contributed by atoms with Crippen LogP contribution in [0.15, 0.2) is 22.7 Å². The predicted molar refractivity (Wildman–Crippen MR) is 104 cm³/mol. The Morgan fingerprint density at radius 3 is 2.44 bits per heavy atom. The summed E-state index contributed by atoms with van der Waals surface area (Å²) in [5.74, 6) is -1.70. The molecule has 0 aliphatic carbocycles. The maximum Gasteiger partial charge on any atom is 0.355 e. The molecule has 0 aliphatic rings. The molecule has 0 radical (unpaired) electrons. The van der Waals surface area contributed by atoms with Crippen molar-refractivity contribution in [2.24, 2.45) is 0 Å². The second-order valence-corrected chi connectivity index (χ2v) is 6.81. The number of amides is 1. The first kappa shape index (κ1) is 20.7. The van der Waals surface area contributed by atoms with E-state index in [2.05, 4.69) is 26.2 Å². The SMILES string of the molecule is CCOC(=O)c1c(C)[nH]c(C(=O)OCC(=O)Nc2ccc(C)cc2Br)c1C. The number of carbonyl (C=O) groups excluding carboxylic acids is 3. The number of carbonyl (C=O) groups is 3. The minimum atomic E-state index is -0.718. The second kappa shape index (κ2) is 8.85. The molecule has 144 valence electrons. The van der Waals surface area contributed by atoms with Crippen LogP contribution in [0.5, 0.6) is 0 Å². The Labute approximate surface area is 165 Å². The number of hydrogen-bond acceptors (Lipinski definition) is 5. The van der Waals surface area contributed by atoms with Gasteiger partial charge in [0.1, 0.15) is 5.69 Å². The highest BCUT2D eigenvalue weighted by atomic mass is 79.9. The normalized spacial score (nSPS) is 10.4. The van der Waals surface area contributed by atoms with Crippen molar-refractivity contribution in [2.75, 3.05) is 18.5 Å². The summed E-state index contributed by atoms with van der Waals surface area (Å²) < 4.78 is 10.8. The molecule has 2 rings (SSSR count). The second-order valence-electron chi connectivity index (χ2n) is 5.95. The van der Waals surface area contributed by atoms with E-state index in [1.165, 1.54) is 0 Å². The molecule has 1 aromatic heterocycles. The van der Waals surface area contributed by atoms with Crippen LogP contribution in [0.1, 0.15) is 44.6 Å². The zero-order chi connectivity index (χ0) is 20.1. The summed E-state index contributed by atoms with van der Waals surface area (Å²) in [6.07, 6.45) is 0. The van der Waals surface area contributed by atoms with Gasteiger partial charge in [0.25, 0.3) is 5.91 Å². The van der Waals surface area contributed by atoms with Crippen LogP contribution in [0.4, 0.5) is 5.69 Å². The quantitative estimate of drug-likeness (QED) is 0.673. The zero-order valence-corrected chi connectivity index (χ0v) is 17.2. The third-order valence-corrected chi connectivity index (χ3v) is 4.51. The number of aromatic amines is 1. The van der Waals surface area contributed by atoms with Crippen LogP contribution >= 0.6 is 15.9 Å². The topological polar surface area (TPSA) is 97.5 Å². The summed E-state index contributed by atoms with van der Waals surface area (Å²) in [7, 11) is 0. The number of esters is 2. The fourth-order valence-corrected chi connectivity index (χ4v) is 3.17. The third-order valence-electron chi connectivity index (χ3n) is 3.85. The predicted octanol–water partition coefficient (Wildman–Crippen LogP) is 3.67. The standard InChI is InChI=1S/C19H21BrN2O5/c1-5-26-18(24)16-11(3)17(21-12(16)4)19(25)27-9-15(23)22-14-7-6-10(2)8-13(14)20/h6-8,21H,5,9H2,1-4H3,(H,22,23). The molecule has 8 heteroatoms. The van der Waals surface area contributed by atoms with Crippen LogP contribution in [0, 0.1) is 20.8 Å². The van der Waals surface area contributed by atoms with E-state index in [-0.39, 0.29) is 12.3 Å². The van der Waals surface area contributed by atoms with Crippen molar-refractivity contribution < 1.29 is 23.9 Å². The van der Waals surface area contributed by atoms with Gasteiger partial charge in [0.2, 0.25) is 0 Å². The van der Waals surface area contributed by atoms with Gasteiger partial charge in [0.15, 0.2) is 6.61 Å². The molecular weight excluding hydrogens is 416 g/mol. The molecule has 0 atom stereocenters. The molecule has 2 N–H and O–H groups in total. The molecule has 0 aliphatic heterocycles. The summed E-state index contributed by atoms with van der Waals surface area (Å²) >= 11 is 3.37. The van der Waals surface area contributed by atoms with E-state index in [0.717, 1.165) is 10.0 Å². The van der Waals surface area contributed by atoms with Crippen molar-refractivity contribution in [1.29, 1.82) is 0 Å². The highest BCUT2D eigenvalue weighted by Crippen LogP contribution is 2.23. The summed E-state index contributed by atoms with van der Waals surface area (Å²) in [5.41, 5.74) is 2.99. The number of aromatic nitrogens is 1. The Bertz CT molecular complexity index is 888. The zero-order valence-electron chi connectivity index (χ0n) is 15.6. The van der Waals surface area contributed by atoms with Crippen molar-refractivity contribution in [2.45, 2.75) is 27.7 Å². The Morgan fingerprint density at radius 2 is 1.81 bits per heavy atom. The van der Waals surface area contributed by atoms with E-state index in [1.54, 1.807) is 26.8 Å². The molecule has 0 bridgehead atoms. The Hall–Kier alpha value is -2.61. The number of hydrogen-bond donors (Lipinski definition) is 2. The summed E-state index contributed by atoms with van der Waals surface area (Å²) in [5, 5.41) is 2.66. The first-order valence-electron chi connectivity index (χ1n) is 8.34. The molecule has 0 saturated heterocycles. The van der Waals surface area contributed by atoms with Gasteiger partial charge in [-0.15, -0.1) is 0 Å². The summed E-state index contributed by atoms with van der Waals surface area (Å²) in [4.78, 5) is 39.1. The van der Waals surface area contributed by atoms with Gasteiger partial charge in [0.05, 0.1) is 17.9 Å². The highest BCUT2D eigenvalue weighted by molar-refractivity contribution is 9.10. The monoisotopic (exact) mass is 436 g/mol. The molecule has 0 unspecified atom stereocenters. The Balaban J connectivity index is 2.02. The summed E-state index contributed by atoms with van der Waals surface area (Å²) in [6, 6.07) is 5.47. The van der Waals surface area contributed by atoms with E-state index in [9.17, 15) is 14.4 Å². The van der Waals surface area contributed by atoms with Gasteiger partial charge in [-0.1, -0.05) is 6.07 Å². The number of benzene rings is 1. The van der Waals surface area contributed by atoms with Gasteiger partial charge in [-0.25, -0.2) is 9.59 Å². The van der Waals surface area contributed by atoms with Crippen LogP contribution < -0.4 is 5.32 Å². The molecule has 2 aromatic rings. The van der Waals surface area contributed by atoms with Crippen molar-refractivity contribution in [3.05, 3.63) is 50.8 Å². The maximum absolute atomic E-state index is 12.3. The van der Waals surface area contributed by atoms with Gasteiger partial charge in [0, 0.05) is 10.2 Å². The molecule has 7 nitrogen and oxygen atoms in total. The smallest absolute Gasteiger partial charge is 0.355 e. The minimum absolute atomic E-state index is 0.125. The van der Waals surface area contributed by atoms with Crippen molar-refractivity contribution in [3.8, 4) is 0 Å². The lowest BCUT2D eigenvalue weighted by molar-refractivity contribution is -0.119. The first-order chi connectivity index (χ1) is 12.7. The number of aryl methyl sites for hydroxylation is 2. The number of ether oxygens (including phenoxy) is 2. The largest absolute Gasteiger partial charge is 0.462 e. The molecule has 0 fully saturated rings. The van der Waals surface area contributed by atoms with Crippen LogP contribution in [-0.2, 0) is 14.3 Å². The van der Waals surface area contributed by atoms with Crippen LogP contribution in [0.3, 0.4) is 0 Å². The average Bonchev–Trinajstić information content (AvgIpc) is 2.90. The number of rotatable bonds is 6. The fraction of sp³-hybridized carbons (Fsp3) is 0.316.